The van der Waals surface area contributed by atoms with Crippen LogP contribution in [0.1, 0.15) is 69.8 Å². The van der Waals surface area contributed by atoms with E-state index in [-0.39, 0.29) is 6.04 Å². The van der Waals surface area contributed by atoms with Crippen LogP contribution in [0.25, 0.3) is 0 Å². The van der Waals surface area contributed by atoms with Crippen LogP contribution >= 0.6 is 0 Å². The standard InChI is InChI=1S/C19H28N4.C3H8/c1-15-8-13-23(21-15)18-9-11-22(12-10-18)16(2)14-19(20)17-6-4-3-5-7-17;1-3-2/h3-8,13,16,18-19H,9-12,14,20H2,1-2H3;3H2,1-2H3. The Balaban J connectivity index is 0.000000758. The Morgan fingerprint density at radius 3 is 2.27 bits per heavy atom. The van der Waals surface area contributed by atoms with Crippen molar-refractivity contribution in [3.8, 4) is 0 Å². The van der Waals surface area contributed by atoms with Crippen LogP contribution in [0.3, 0.4) is 0 Å². The van der Waals surface area contributed by atoms with Crippen molar-refractivity contribution in [2.24, 2.45) is 5.73 Å². The summed E-state index contributed by atoms with van der Waals surface area (Å²) < 4.78 is 2.15. The second-order valence-electron chi connectivity index (χ2n) is 7.51. The van der Waals surface area contributed by atoms with Gasteiger partial charge < -0.3 is 10.6 Å². The van der Waals surface area contributed by atoms with E-state index >= 15 is 0 Å². The summed E-state index contributed by atoms with van der Waals surface area (Å²) in [5.41, 5.74) is 8.73. The molecule has 1 aromatic heterocycles. The van der Waals surface area contributed by atoms with Crippen LogP contribution in [0.5, 0.6) is 0 Å². The van der Waals surface area contributed by atoms with Crippen LogP contribution in [0.2, 0.25) is 0 Å². The Morgan fingerprint density at radius 2 is 1.73 bits per heavy atom. The molecule has 2 unspecified atom stereocenters. The summed E-state index contributed by atoms with van der Waals surface area (Å²) in [6.07, 6.45) is 6.72. The molecule has 2 N–H and O–H groups in total. The zero-order chi connectivity index (χ0) is 18.9. The summed E-state index contributed by atoms with van der Waals surface area (Å²) >= 11 is 0. The zero-order valence-electron chi connectivity index (χ0n) is 16.9. The first-order valence-corrected chi connectivity index (χ1v) is 10.1. The van der Waals surface area contributed by atoms with Gasteiger partial charge in [-0.25, -0.2) is 0 Å². The smallest absolute Gasteiger partial charge is 0.0593 e. The van der Waals surface area contributed by atoms with Crippen LogP contribution in [0.15, 0.2) is 42.6 Å². The molecule has 0 spiro atoms. The van der Waals surface area contributed by atoms with Gasteiger partial charge in [-0.3, -0.25) is 4.68 Å². The monoisotopic (exact) mass is 356 g/mol. The molecule has 0 aliphatic carbocycles. The molecule has 144 valence electrons. The third-order valence-electron chi connectivity index (χ3n) is 5.06. The highest BCUT2D eigenvalue weighted by Gasteiger charge is 2.25. The molecule has 2 heterocycles. The maximum atomic E-state index is 6.38. The highest BCUT2D eigenvalue weighted by molar-refractivity contribution is 5.18. The largest absolute Gasteiger partial charge is 0.324 e. The molecule has 0 saturated carbocycles. The summed E-state index contributed by atoms with van der Waals surface area (Å²) in [5, 5.41) is 4.57. The van der Waals surface area contributed by atoms with Crippen molar-refractivity contribution < 1.29 is 0 Å². The van der Waals surface area contributed by atoms with Crippen LogP contribution in [0, 0.1) is 6.92 Å². The lowest BCUT2D eigenvalue weighted by atomic mass is 9.97. The molecule has 4 heteroatoms. The van der Waals surface area contributed by atoms with E-state index in [0.29, 0.717) is 12.1 Å². The van der Waals surface area contributed by atoms with E-state index in [9.17, 15) is 0 Å². The molecule has 0 amide bonds. The molecule has 26 heavy (non-hydrogen) atoms. The van der Waals surface area contributed by atoms with Gasteiger partial charge in [0.15, 0.2) is 0 Å². The molecule has 0 bridgehead atoms. The molecule has 4 nitrogen and oxygen atoms in total. The predicted octanol–water partition coefficient (Wildman–Crippen LogP) is 4.72. The zero-order valence-corrected chi connectivity index (χ0v) is 16.9. The average molecular weight is 357 g/mol. The molecular weight excluding hydrogens is 320 g/mol. The third kappa shape index (κ3) is 5.96. The Kier molecular flexibility index (Phi) is 8.33. The van der Waals surface area contributed by atoms with E-state index < -0.39 is 0 Å². The fourth-order valence-electron chi connectivity index (χ4n) is 3.58. The summed E-state index contributed by atoms with van der Waals surface area (Å²) in [5.74, 6) is 0. The van der Waals surface area contributed by atoms with E-state index in [4.69, 9.17) is 5.73 Å². The topological polar surface area (TPSA) is 47.1 Å². The number of hydrogen-bond acceptors (Lipinski definition) is 3. The first-order valence-electron chi connectivity index (χ1n) is 10.1. The second kappa shape index (κ2) is 10.5. The second-order valence-corrected chi connectivity index (χ2v) is 7.51. The fraction of sp³-hybridized carbons (Fsp3) is 0.591. The Hall–Kier alpha value is -1.65. The number of aromatic nitrogens is 2. The summed E-state index contributed by atoms with van der Waals surface area (Å²) in [6.45, 7) is 10.9. The van der Waals surface area contributed by atoms with Crippen molar-refractivity contribution in [3.05, 3.63) is 53.9 Å². The van der Waals surface area contributed by atoms with Crippen LogP contribution < -0.4 is 5.73 Å². The number of nitrogens with two attached hydrogens (primary N) is 1. The molecular formula is C22H36N4. The van der Waals surface area contributed by atoms with Crippen molar-refractivity contribution in [1.82, 2.24) is 14.7 Å². The minimum Gasteiger partial charge on any atom is -0.324 e. The van der Waals surface area contributed by atoms with E-state index in [0.717, 1.165) is 25.2 Å². The number of aryl methyl sites for hydroxylation is 1. The number of piperidine rings is 1. The quantitative estimate of drug-likeness (QED) is 0.843. The highest BCUT2D eigenvalue weighted by atomic mass is 15.3. The van der Waals surface area contributed by atoms with Gasteiger partial charge in [-0.2, -0.15) is 5.10 Å². The van der Waals surface area contributed by atoms with Crippen molar-refractivity contribution in [1.29, 1.82) is 0 Å². The number of nitrogens with zero attached hydrogens (tertiary/aromatic N) is 3. The van der Waals surface area contributed by atoms with Crippen LogP contribution in [-0.2, 0) is 0 Å². The number of likely N-dealkylation sites (tertiary alicyclic amines) is 1. The van der Waals surface area contributed by atoms with Gasteiger partial charge in [0.25, 0.3) is 0 Å². The summed E-state index contributed by atoms with van der Waals surface area (Å²) in [6, 6.07) is 13.7. The molecule has 1 fully saturated rings. The molecule has 1 aromatic carbocycles. The van der Waals surface area contributed by atoms with Gasteiger partial charge in [-0.05, 0) is 44.7 Å². The first kappa shape index (κ1) is 20.7. The van der Waals surface area contributed by atoms with Crippen LogP contribution in [-0.4, -0.2) is 33.8 Å². The molecule has 1 aliphatic heterocycles. The van der Waals surface area contributed by atoms with Gasteiger partial charge in [-0.15, -0.1) is 0 Å². The van der Waals surface area contributed by atoms with E-state index in [1.807, 2.05) is 6.07 Å². The number of benzene rings is 1. The average Bonchev–Trinajstić information content (AvgIpc) is 3.09. The highest BCUT2D eigenvalue weighted by Crippen LogP contribution is 2.26. The lowest BCUT2D eigenvalue weighted by Crippen LogP contribution is -2.41. The van der Waals surface area contributed by atoms with Gasteiger partial charge in [-0.1, -0.05) is 50.6 Å². The Morgan fingerprint density at radius 1 is 1.12 bits per heavy atom. The van der Waals surface area contributed by atoms with E-state index in [2.05, 4.69) is 78.9 Å². The summed E-state index contributed by atoms with van der Waals surface area (Å²) in [7, 11) is 0. The Bertz CT molecular complexity index is 614. The lowest BCUT2D eigenvalue weighted by molar-refractivity contribution is 0.129. The summed E-state index contributed by atoms with van der Waals surface area (Å²) in [4.78, 5) is 2.58. The van der Waals surface area contributed by atoms with Crippen molar-refractivity contribution in [2.45, 2.75) is 71.5 Å². The van der Waals surface area contributed by atoms with Crippen molar-refractivity contribution in [3.63, 3.8) is 0 Å². The minimum absolute atomic E-state index is 0.123. The van der Waals surface area contributed by atoms with Gasteiger partial charge in [0, 0.05) is 31.4 Å². The number of hydrogen-bond donors (Lipinski definition) is 1. The maximum absolute atomic E-state index is 6.38. The normalized spacial score (nSPS) is 18.0. The molecule has 2 aromatic rings. The van der Waals surface area contributed by atoms with Gasteiger partial charge in [0.05, 0.1) is 11.7 Å². The van der Waals surface area contributed by atoms with Gasteiger partial charge in [0.1, 0.15) is 0 Å². The predicted molar refractivity (Wildman–Crippen MR) is 110 cm³/mol. The van der Waals surface area contributed by atoms with Crippen LogP contribution in [0.4, 0.5) is 0 Å². The third-order valence-corrected chi connectivity index (χ3v) is 5.06. The number of rotatable bonds is 5. The first-order chi connectivity index (χ1) is 12.5. The molecule has 2 atom stereocenters. The van der Waals surface area contributed by atoms with Gasteiger partial charge in [0.2, 0.25) is 0 Å². The van der Waals surface area contributed by atoms with Crippen molar-refractivity contribution >= 4 is 0 Å². The van der Waals surface area contributed by atoms with Gasteiger partial charge >= 0.3 is 0 Å². The van der Waals surface area contributed by atoms with E-state index in [1.54, 1.807) is 0 Å². The molecule has 3 rings (SSSR count). The molecule has 1 aliphatic rings. The minimum atomic E-state index is 0.123. The van der Waals surface area contributed by atoms with E-state index in [1.165, 1.54) is 24.8 Å². The maximum Gasteiger partial charge on any atom is 0.0593 e. The lowest BCUT2D eigenvalue weighted by Gasteiger charge is -2.37. The SMILES string of the molecule is CCC.Cc1ccn(C2CCN(C(C)CC(N)c3ccccc3)CC2)n1. The molecule has 0 radical (unpaired) electrons. The van der Waals surface area contributed by atoms with Crippen molar-refractivity contribution in [2.75, 3.05) is 13.1 Å². The Labute approximate surface area is 159 Å². The fourth-order valence-corrected chi connectivity index (χ4v) is 3.58. The molecule has 1 saturated heterocycles.